The van der Waals surface area contributed by atoms with Crippen LogP contribution in [-0.2, 0) is 0 Å². The van der Waals surface area contributed by atoms with E-state index in [9.17, 15) is 0 Å². The first kappa shape index (κ1) is 11.5. The molecule has 14 heavy (non-hydrogen) atoms. The van der Waals surface area contributed by atoms with Crippen LogP contribution in [0.4, 0.5) is 0 Å². The molecule has 0 spiro atoms. The van der Waals surface area contributed by atoms with Gasteiger partial charge in [0, 0.05) is 17.7 Å². The number of benzene rings is 1. The van der Waals surface area contributed by atoms with Crippen LogP contribution in [0.1, 0.15) is 24.9 Å². The molecule has 0 bridgehead atoms. The normalized spacial score (nSPS) is 12.8. The Bertz CT molecular complexity index is 278. The maximum atomic E-state index is 8.63. The largest absolute Gasteiger partial charge is 0.396 e. The predicted molar refractivity (Wildman–Crippen MR) is 59.6 cm³/mol. The maximum Gasteiger partial charge on any atom is 0.0443 e. The van der Waals surface area contributed by atoms with Gasteiger partial charge in [-0.3, -0.25) is 0 Å². The number of hydrogen-bond donors (Lipinski definition) is 2. The van der Waals surface area contributed by atoms with Crippen molar-refractivity contribution in [2.75, 3.05) is 13.2 Å². The molecule has 1 aromatic carbocycles. The van der Waals surface area contributed by atoms with Gasteiger partial charge >= 0.3 is 0 Å². The Hall–Kier alpha value is -0.570. The average molecular weight is 214 g/mol. The van der Waals surface area contributed by atoms with Gasteiger partial charge in [-0.15, -0.1) is 0 Å². The molecule has 0 aromatic heterocycles. The van der Waals surface area contributed by atoms with Crippen LogP contribution in [0, 0.1) is 0 Å². The molecule has 0 saturated heterocycles. The van der Waals surface area contributed by atoms with Crippen molar-refractivity contribution >= 4 is 11.6 Å². The summed E-state index contributed by atoms with van der Waals surface area (Å²) in [6.07, 6.45) is 0.783. The highest BCUT2D eigenvalue weighted by Crippen LogP contribution is 2.16. The van der Waals surface area contributed by atoms with Crippen LogP contribution in [0.5, 0.6) is 0 Å². The standard InChI is InChI=1S/C11H16ClNO/c1-9(13-6-3-7-14)10-4-2-5-11(12)8-10/h2,4-5,8-9,13-14H,3,6-7H2,1H3/t9-/m0/s1. The van der Waals surface area contributed by atoms with E-state index in [0.717, 1.165) is 18.0 Å². The molecular formula is C11H16ClNO. The number of halogens is 1. The Morgan fingerprint density at radius 2 is 2.29 bits per heavy atom. The summed E-state index contributed by atoms with van der Waals surface area (Å²) in [4.78, 5) is 0. The SMILES string of the molecule is C[C@H](NCCCO)c1cccc(Cl)c1. The second-order valence-electron chi connectivity index (χ2n) is 3.31. The van der Waals surface area contributed by atoms with Gasteiger partial charge in [-0.2, -0.15) is 0 Å². The fourth-order valence-corrected chi connectivity index (χ4v) is 1.49. The first-order valence-corrected chi connectivity index (χ1v) is 5.21. The summed E-state index contributed by atoms with van der Waals surface area (Å²) in [5.74, 6) is 0. The van der Waals surface area contributed by atoms with Gasteiger partial charge in [-0.25, -0.2) is 0 Å². The van der Waals surface area contributed by atoms with Crippen LogP contribution < -0.4 is 5.32 Å². The molecular weight excluding hydrogens is 198 g/mol. The zero-order valence-electron chi connectivity index (χ0n) is 8.33. The van der Waals surface area contributed by atoms with Crippen molar-refractivity contribution in [1.82, 2.24) is 5.32 Å². The lowest BCUT2D eigenvalue weighted by Crippen LogP contribution is -2.20. The molecule has 0 heterocycles. The Balaban J connectivity index is 2.47. The van der Waals surface area contributed by atoms with Gasteiger partial charge in [-0.05, 0) is 37.6 Å². The van der Waals surface area contributed by atoms with Crippen LogP contribution >= 0.6 is 11.6 Å². The molecule has 0 saturated carbocycles. The summed E-state index contributed by atoms with van der Waals surface area (Å²) in [5, 5.41) is 12.7. The van der Waals surface area contributed by atoms with Crippen molar-refractivity contribution in [2.45, 2.75) is 19.4 Å². The van der Waals surface area contributed by atoms with E-state index in [1.807, 2.05) is 24.3 Å². The molecule has 1 aromatic rings. The van der Waals surface area contributed by atoms with Crippen molar-refractivity contribution in [2.24, 2.45) is 0 Å². The molecule has 2 N–H and O–H groups in total. The molecule has 1 rings (SSSR count). The molecule has 0 aliphatic heterocycles. The third-order valence-electron chi connectivity index (χ3n) is 2.13. The zero-order valence-corrected chi connectivity index (χ0v) is 9.09. The monoisotopic (exact) mass is 213 g/mol. The number of aliphatic hydroxyl groups is 1. The van der Waals surface area contributed by atoms with Gasteiger partial charge in [-0.1, -0.05) is 23.7 Å². The van der Waals surface area contributed by atoms with Crippen LogP contribution in [0.2, 0.25) is 5.02 Å². The van der Waals surface area contributed by atoms with Gasteiger partial charge in [0.2, 0.25) is 0 Å². The molecule has 2 nitrogen and oxygen atoms in total. The van der Waals surface area contributed by atoms with Crippen LogP contribution in [0.15, 0.2) is 24.3 Å². The van der Waals surface area contributed by atoms with Crippen molar-refractivity contribution in [3.05, 3.63) is 34.9 Å². The van der Waals surface area contributed by atoms with Gasteiger partial charge in [0.1, 0.15) is 0 Å². The molecule has 0 unspecified atom stereocenters. The summed E-state index contributed by atoms with van der Waals surface area (Å²) < 4.78 is 0. The first-order chi connectivity index (χ1) is 6.74. The maximum absolute atomic E-state index is 8.63. The highest BCUT2D eigenvalue weighted by atomic mass is 35.5. The minimum absolute atomic E-state index is 0.231. The molecule has 3 heteroatoms. The molecule has 0 radical (unpaired) electrons. The number of nitrogens with one attached hydrogen (secondary N) is 1. The molecule has 0 amide bonds. The summed E-state index contributed by atoms with van der Waals surface area (Å²) >= 11 is 5.88. The first-order valence-electron chi connectivity index (χ1n) is 4.83. The summed E-state index contributed by atoms with van der Waals surface area (Å²) in [6, 6.07) is 8.09. The predicted octanol–water partition coefficient (Wildman–Crippen LogP) is 2.37. The fourth-order valence-electron chi connectivity index (χ4n) is 1.29. The molecule has 78 valence electrons. The van der Waals surface area contributed by atoms with Gasteiger partial charge < -0.3 is 10.4 Å². The second-order valence-corrected chi connectivity index (χ2v) is 3.74. The minimum atomic E-state index is 0.231. The number of hydrogen-bond acceptors (Lipinski definition) is 2. The topological polar surface area (TPSA) is 32.3 Å². The van der Waals surface area contributed by atoms with Gasteiger partial charge in [0.15, 0.2) is 0 Å². The van der Waals surface area contributed by atoms with Crippen molar-refractivity contribution in [3.8, 4) is 0 Å². The molecule has 0 fully saturated rings. The molecule has 0 aliphatic carbocycles. The summed E-state index contributed by atoms with van der Waals surface area (Å²) in [7, 11) is 0. The number of aliphatic hydroxyl groups excluding tert-OH is 1. The van der Waals surface area contributed by atoms with Crippen LogP contribution in [0.25, 0.3) is 0 Å². The summed E-state index contributed by atoms with van der Waals surface area (Å²) in [5.41, 5.74) is 1.18. The van der Waals surface area contributed by atoms with E-state index in [0.29, 0.717) is 0 Å². The van der Waals surface area contributed by atoms with E-state index >= 15 is 0 Å². The quantitative estimate of drug-likeness (QED) is 0.737. The van der Waals surface area contributed by atoms with E-state index in [-0.39, 0.29) is 12.6 Å². The smallest absolute Gasteiger partial charge is 0.0443 e. The highest BCUT2D eigenvalue weighted by Gasteiger charge is 2.03. The van der Waals surface area contributed by atoms with E-state index in [4.69, 9.17) is 16.7 Å². The lowest BCUT2D eigenvalue weighted by atomic mass is 10.1. The third-order valence-corrected chi connectivity index (χ3v) is 2.37. The van der Waals surface area contributed by atoms with Crippen molar-refractivity contribution in [1.29, 1.82) is 0 Å². The Labute approximate surface area is 89.9 Å². The van der Waals surface area contributed by atoms with Gasteiger partial charge in [0.05, 0.1) is 0 Å². The lowest BCUT2D eigenvalue weighted by molar-refractivity contribution is 0.284. The van der Waals surface area contributed by atoms with Gasteiger partial charge in [0.25, 0.3) is 0 Å². The lowest BCUT2D eigenvalue weighted by Gasteiger charge is -2.13. The van der Waals surface area contributed by atoms with Crippen LogP contribution in [0.3, 0.4) is 0 Å². The number of rotatable bonds is 5. The second kappa shape index (κ2) is 6.02. The van der Waals surface area contributed by atoms with Crippen molar-refractivity contribution in [3.63, 3.8) is 0 Å². The zero-order chi connectivity index (χ0) is 10.4. The van der Waals surface area contributed by atoms with Crippen LogP contribution in [-0.4, -0.2) is 18.3 Å². The Morgan fingerprint density at radius 3 is 2.93 bits per heavy atom. The van der Waals surface area contributed by atoms with E-state index in [2.05, 4.69) is 12.2 Å². The average Bonchev–Trinajstić information content (AvgIpc) is 2.18. The van der Waals surface area contributed by atoms with E-state index in [1.54, 1.807) is 0 Å². The fraction of sp³-hybridized carbons (Fsp3) is 0.455. The Morgan fingerprint density at radius 1 is 1.50 bits per heavy atom. The highest BCUT2D eigenvalue weighted by molar-refractivity contribution is 6.30. The molecule has 1 atom stereocenters. The summed E-state index contributed by atoms with van der Waals surface area (Å²) in [6.45, 7) is 3.14. The van der Waals surface area contributed by atoms with Crippen molar-refractivity contribution < 1.29 is 5.11 Å². The third kappa shape index (κ3) is 3.66. The minimum Gasteiger partial charge on any atom is -0.396 e. The van der Waals surface area contributed by atoms with E-state index < -0.39 is 0 Å². The van der Waals surface area contributed by atoms with E-state index in [1.165, 1.54) is 5.56 Å². The Kier molecular flexibility index (Phi) is 4.94. The molecule has 0 aliphatic rings.